The van der Waals surface area contributed by atoms with Crippen LogP contribution in [-0.4, -0.2) is 27.3 Å². The molecular weight excluding hydrogens is 326 g/mol. The summed E-state index contributed by atoms with van der Waals surface area (Å²) in [5.41, 5.74) is 1.65. The van der Waals surface area contributed by atoms with Crippen molar-refractivity contribution in [2.24, 2.45) is 0 Å². The topological polar surface area (TPSA) is 46.1 Å². The van der Waals surface area contributed by atoms with E-state index in [1.807, 2.05) is 46.1 Å². The van der Waals surface area contributed by atoms with E-state index in [0.29, 0.717) is 5.69 Å². The van der Waals surface area contributed by atoms with Gasteiger partial charge in [-0.05, 0) is 35.9 Å². The van der Waals surface area contributed by atoms with Gasteiger partial charge in [0.25, 0.3) is 5.91 Å². The third-order valence-corrected chi connectivity index (χ3v) is 5.92. The van der Waals surface area contributed by atoms with Gasteiger partial charge in [-0.2, -0.15) is 0 Å². The molecule has 116 valence electrons. The maximum atomic E-state index is 12.9. The van der Waals surface area contributed by atoms with Crippen LogP contribution in [-0.2, 0) is 0 Å². The Morgan fingerprint density at radius 2 is 2.22 bits per heavy atom. The minimum absolute atomic E-state index is 0.0235. The lowest BCUT2D eigenvalue weighted by molar-refractivity contribution is 0.0730. The first-order valence-corrected chi connectivity index (χ1v) is 9.29. The molecule has 4 nitrogen and oxygen atoms in total. The average Bonchev–Trinajstić information content (AvgIpc) is 3.35. The summed E-state index contributed by atoms with van der Waals surface area (Å²) in [6.07, 6.45) is 5.62. The second-order valence-electron chi connectivity index (χ2n) is 5.46. The van der Waals surface area contributed by atoms with Gasteiger partial charge in [0.15, 0.2) is 0 Å². The van der Waals surface area contributed by atoms with Gasteiger partial charge in [0.2, 0.25) is 0 Å². The second-order valence-corrected chi connectivity index (χ2v) is 7.26. The fraction of sp³-hybridized carbons (Fsp3) is 0.235. The number of thiophene rings is 1. The van der Waals surface area contributed by atoms with E-state index in [4.69, 9.17) is 0 Å². The molecule has 1 aliphatic heterocycles. The van der Waals surface area contributed by atoms with Gasteiger partial charge < -0.3 is 4.90 Å². The van der Waals surface area contributed by atoms with E-state index in [0.717, 1.165) is 34.8 Å². The van der Waals surface area contributed by atoms with Gasteiger partial charge in [-0.15, -0.1) is 22.7 Å². The van der Waals surface area contributed by atoms with E-state index in [1.165, 1.54) is 11.3 Å². The Balaban J connectivity index is 1.59. The monoisotopic (exact) mass is 341 g/mol. The second kappa shape index (κ2) is 6.22. The molecule has 0 bridgehead atoms. The Morgan fingerprint density at radius 3 is 3.00 bits per heavy atom. The van der Waals surface area contributed by atoms with E-state index in [1.54, 1.807) is 17.5 Å². The molecule has 3 aromatic rings. The van der Waals surface area contributed by atoms with Crippen molar-refractivity contribution in [1.82, 2.24) is 14.9 Å². The summed E-state index contributed by atoms with van der Waals surface area (Å²) < 4.78 is 0. The van der Waals surface area contributed by atoms with Crippen LogP contribution in [0.5, 0.6) is 0 Å². The van der Waals surface area contributed by atoms with Crippen LogP contribution in [0.4, 0.5) is 0 Å². The molecule has 1 fully saturated rings. The average molecular weight is 341 g/mol. The van der Waals surface area contributed by atoms with Crippen molar-refractivity contribution in [2.45, 2.75) is 18.9 Å². The number of pyridine rings is 1. The highest BCUT2D eigenvalue weighted by Gasteiger charge is 2.31. The standard InChI is InChI=1S/C17H15N3OS2/c21-17(13-11-23-16(19-13)15-6-3-9-22-15)20-8-2-5-14(20)12-4-1-7-18-10-12/h1,3-4,6-7,9-11,14H,2,5,8H2/t14-/m0/s1. The summed E-state index contributed by atoms with van der Waals surface area (Å²) in [5, 5.41) is 4.81. The van der Waals surface area contributed by atoms with Crippen LogP contribution in [0.1, 0.15) is 34.9 Å². The SMILES string of the molecule is O=C(c1csc(-c2cccs2)n1)N1CCC[C@H]1c1cccnc1. The smallest absolute Gasteiger partial charge is 0.273 e. The third kappa shape index (κ3) is 2.80. The molecule has 1 aliphatic rings. The molecule has 0 aromatic carbocycles. The van der Waals surface area contributed by atoms with Crippen LogP contribution >= 0.6 is 22.7 Å². The molecule has 4 rings (SSSR count). The van der Waals surface area contributed by atoms with E-state index < -0.39 is 0 Å². The van der Waals surface area contributed by atoms with Crippen LogP contribution in [0.25, 0.3) is 9.88 Å². The molecule has 1 saturated heterocycles. The molecule has 4 heterocycles. The Kier molecular flexibility index (Phi) is 3.93. The first-order chi connectivity index (χ1) is 11.3. The number of thiazole rings is 1. The molecule has 0 saturated carbocycles. The Bertz CT molecular complexity index is 798. The van der Waals surface area contributed by atoms with Crippen LogP contribution in [0.3, 0.4) is 0 Å². The van der Waals surface area contributed by atoms with Gasteiger partial charge in [-0.3, -0.25) is 9.78 Å². The van der Waals surface area contributed by atoms with Crippen molar-refractivity contribution >= 4 is 28.6 Å². The van der Waals surface area contributed by atoms with Crippen molar-refractivity contribution in [3.63, 3.8) is 0 Å². The number of carbonyl (C=O) groups is 1. The third-order valence-electron chi connectivity index (χ3n) is 4.04. The lowest BCUT2D eigenvalue weighted by atomic mass is 10.1. The molecule has 1 amide bonds. The summed E-state index contributed by atoms with van der Waals surface area (Å²) in [7, 11) is 0. The largest absolute Gasteiger partial charge is 0.330 e. The van der Waals surface area contributed by atoms with Gasteiger partial charge in [0.05, 0.1) is 10.9 Å². The van der Waals surface area contributed by atoms with Crippen molar-refractivity contribution < 1.29 is 4.79 Å². The first-order valence-electron chi connectivity index (χ1n) is 7.53. The highest BCUT2D eigenvalue weighted by molar-refractivity contribution is 7.20. The van der Waals surface area contributed by atoms with Crippen LogP contribution in [0.2, 0.25) is 0 Å². The van der Waals surface area contributed by atoms with Crippen molar-refractivity contribution in [3.8, 4) is 9.88 Å². The fourth-order valence-corrected chi connectivity index (χ4v) is 4.57. The molecule has 23 heavy (non-hydrogen) atoms. The maximum absolute atomic E-state index is 12.9. The van der Waals surface area contributed by atoms with Crippen LogP contribution < -0.4 is 0 Å². The first kappa shape index (κ1) is 14.5. The number of nitrogens with zero attached hydrogens (tertiary/aromatic N) is 3. The highest BCUT2D eigenvalue weighted by atomic mass is 32.1. The zero-order valence-corrected chi connectivity index (χ0v) is 14.0. The molecule has 6 heteroatoms. The predicted molar refractivity (Wildman–Crippen MR) is 92.7 cm³/mol. The highest BCUT2D eigenvalue weighted by Crippen LogP contribution is 2.34. The molecule has 0 spiro atoms. The van der Waals surface area contributed by atoms with E-state index in [2.05, 4.69) is 9.97 Å². The van der Waals surface area contributed by atoms with Gasteiger partial charge in [-0.1, -0.05) is 12.1 Å². The van der Waals surface area contributed by atoms with E-state index in [-0.39, 0.29) is 11.9 Å². The number of likely N-dealkylation sites (tertiary alicyclic amines) is 1. The predicted octanol–water partition coefficient (Wildman–Crippen LogP) is 4.24. The van der Waals surface area contributed by atoms with Crippen molar-refractivity contribution in [2.75, 3.05) is 6.54 Å². The normalized spacial score (nSPS) is 17.6. The molecule has 0 radical (unpaired) electrons. The molecule has 0 aliphatic carbocycles. The molecule has 0 unspecified atom stereocenters. The number of amides is 1. The maximum Gasteiger partial charge on any atom is 0.273 e. The lowest BCUT2D eigenvalue weighted by Crippen LogP contribution is -2.30. The van der Waals surface area contributed by atoms with Crippen LogP contribution in [0.15, 0.2) is 47.4 Å². The summed E-state index contributed by atoms with van der Waals surface area (Å²) in [5.74, 6) is 0.0235. The number of hydrogen-bond acceptors (Lipinski definition) is 5. The summed E-state index contributed by atoms with van der Waals surface area (Å²) in [6.45, 7) is 0.782. The lowest BCUT2D eigenvalue weighted by Gasteiger charge is -2.24. The van der Waals surface area contributed by atoms with Gasteiger partial charge >= 0.3 is 0 Å². The molecular formula is C17H15N3OS2. The summed E-state index contributed by atoms with van der Waals surface area (Å²) >= 11 is 3.18. The number of hydrogen-bond donors (Lipinski definition) is 0. The fourth-order valence-electron chi connectivity index (χ4n) is 2.96. The summed E-state index contributed by atoms with van der Waals surface area (Å²) in [4.78, 5) is 24.6. The van der Waals surface area contributed by atoms with Crippen molar-refractivity contribution in [1.29, 1.82) is 0 Å². The minimum Gasteiger partial charge on any atom is -0.330 e. The quantitative estimate of drug-likeness (QED) is 0.716. The van der Waals surface area contributed by atoms with Crippen LogP contribution in [0, 0.1) is 0 Å². The van der Waals surface area contributed by atoms with E-state index >= 15 is 0 Å². The van der Waals surface area contributed by atoms with Gasteiger partial charge in [-0.25, -0.2) is 4.98 Å². The molecule has 1 atom stereocenters. The Morgan fingerprint density at radius 1 is 1.26 bits per heavy atom. The number of rotatable bonds is 3. The molecule has 0 N–H and O–H groups in total. The number of aromatic nitrogens is 2. The zero-order chi connectivity index (χ0) is 15.6. The molecule has 3 aromatic heterocycles. The van der Waals surface area contributed by atoms with Gasteiger partial charge in [0, 0.05) is 24.3 Å². The van der Waals surface area contributed by atoms with Crippen molar-refractivity contribution in [3.05, 3.63) is 58.7 Å². The summed E-state index contributed by atoms with van der Waals surface area (Å²) in [6, 6.07) is 8.12. The minimum atomic E-state index is 0.0235. The zero-order valence-electron chi connectivity index (χ0n) is 12.4. The Labute approximate surface area is 142 Å². The van der Waals surface area contributed by atoms with Gasteiger partial charge in [0.1, 0.15) is 10.7 Å². The van der Waals surface area contributed by atoms with E-state index in [9.17, 15) is 4.79 Å². The number of carbonyl (C=O) groups excluding carboxylic acids is 1. The Hall–Kier alpha value is -2.05.